The van der Waals surface area contributed by atoms with Crippen LogP contribution in [0, 0.1) is 0 Å². The number of quaternary nitrogens is 1. The smallest absolute Gasteiger partial charge is 0.277 e. The zero-order chi connectivity index (χ0) is 18.6. The van der Waals surface area contributed by atoms with E-state index >= 15 is 0 Å². The summed E-state index contributed by atoms with van der Waals surface area (Å²) in [4.78, 5) is 13.7. The molecule has 0 amide bonds. The first kappa shape index (κ1) is 18.9. The predicted octanol–water partition coefficient (Wildman–Crippen LogP) is 0.595. The van der Waals surface area contributed by atoms with Crippen LogP contribution in [0.2, 0.25) is 0 Å². The minimum Gasteiger partial charge on any atom is -0.410 e. The predicted molar refractivity (Wildman–Crippen MR) is 97.9 cm³/mol. The second-order valence-electron chi connectivity index (χ2n) is 6.26. The Kier molecular flexibility index (Phi) is 5.94. The van der Waals surface area contributed by atoms with E-state index in [1.165, 1.54) is 29.5 Å². The number of anilines is 1. The summed E-state index contributed by atoms with van der Waals surface area (Å²) in [6, 6.07) is 6.30. The van der Waals surface area contributed by atoms with Crippen LogP contribution in [-0.4, -0.2) is 49.5 Å². The highest BCUT2D eigenvalue weighted by Crippen LogP contribution is 2.19. The molecule has 0 radical (unpaired) electrons. The van der Waals surface area contributed by atoms with Gasteiger partial charge >= 0.3 is 0 Å². The first-order valence-corrected chi connectivity index (χ1v) is 11.2. The average molecular weight is 398 g/mol. The highest BCUT2D eigenvalue weighted by molar-refractivity contribution is 7.99. The molecule has 0 bridgehead atoms. The van der Waals surface area contributed by atoms with Crippen molar-refractivity contribution in [3.8, 4) is 0 Å². The highest BCUT2D eigenvalue weighted by Gasteiger charge is 2.19. The lowest BCUT2D eigenvalue weighted by Gasteiger charge is -2.07. The average Bonchev–Trinajstić information content (AvgIpc) is 3.24. The topological polar surface area (TPSA) is 107 Å². The number of likely N-dealkylation sites (tertiary alicyclic amines) is 1. The lowest BCUT2D eigenvalue weighted by Crippen LogP contribution is -3.08. The fraction of sp³-hybridized carbons (Fsp3) is 0.438. The molecular weight excluding hydrogens is 376 g/mol. The summed E-state index contributed by atoms with van der Waals surface area (Å²) in [6.45, 7) is 3.00. The number of hydrogen-bond donors (Lipinski definition) is 2. The number of Topliss-reactive ketones (excluding diaryl/α,β-unsaturated/α-hetero) is 1. The first-order valence-electron chi connectivity index (χ1n) is 8.29. The molecule has 1 aromatic carbocycles. The highest BCUT2D eigenvalue weighted by atomic mass is 32.2. The van der Waals surface area contributed by atoms with Crippen LogP contribution in [0.1, 0.15) is 29.1 Å². The second-order valence-corrected chi connectivity index (χ2v) is 8.93. The SMILES string of the molecule is CS(=O)(=O)Nc1ccc(C(=O)CSc2nnc(C[NH+]3CCCC3)o2)cc1. The van der Waals surface area contributed by atoms with Gasteiger partial charge in [0, 0.05) is 24.1 Å². The van der Waals surface area contributed by atoms with Crippen molar-refractivity contribution in [2.75, 3.05) is 29.8 Å². The molecule has 0 saturated carbocycles. The molecule has 1 aliphatic heterocycles. The van der Waals surface area contributed by atoms with Crippen molar-refractivity contribution < 1.29 is 22.5 Å². The molecule has 1 aliphatic rings. The summed E-state index contributed by atoms with van der Waals surface area (Å²) < 4.78 is 30.3. The number of aromatic nitrogens is 2. The van der Waals surface area contributed by atoms with Crippen LogP contribution in [0.4, 0.5) is 5.69 Å². The Labute approximate surface area is 156 Å². The molecule has 1 aromatic heterocycles. The number of nitrogens with one attached hydrogen (secondary N) is 2. The van der Waals surface area contributed by atoms with Gasteiger partial charge in [-0.25, -0.2) is 8.42 Å². The van der Waals surface area contributed by atoms with E-state index in [-0.39, 0.29) is 11.5 Å². The number of benzene rings is 1. The van der Waals surface area contributed by atoms with Gasteiger partial charge in [-0.3, -0.25) is 9.52 Å². The number of rotatable bonds is 8. The monoisotopic (exact) mass is 397 g/mol. The van der Waals surface area contributed by atoms with Crippen LogP contribution >= 0.6 is 11.8 Å². The summed E-state index contributed by atoms with van der Waals surface area (Å²) >= 11 is 1.21. The number of ketones is 1. The van der Waals surface area contributed by atoms with E-state index in [0.717, 1.165) is 25.9 Å². The Morgan fingerprint density at radius 3 is 2.58 bits per heavy atom. The van der Waals surface area contributed by atoms with Crippen molar-refractivity contribution in [1.82, 2.24) is 10.2 Å². The molecule has 1 saturated heterocycles. The summed E-state index contributed by atoms with van der Waals surface area (Å²) in [6.07, 6.45) is 3.54. The molecule has 140 valence electrons. The van der Waals surface area contributed by atoms with Gasteiger partial charge in [0.15, 0.2) is 12.3 Å². The minimum atomic E-state index is -3.33. The number of thioether (sulfide) groups is 1. The standard InChI is InChI=1S/C16H20N4O4S2/c1-26(22,23)19-13-6-4-12(5-7-13)14(21)11-25-16-18-17-15(24-16)10-20-8-2-3-9-20/h4-7,19H,2-3,8-11H2,1H3/p+1. The van der Waals surface area contributed by atoms with Crippen LogP contribution in [0.25, 0.3) is 0 Å². The molecule has 0 aliphatic carbocycles. The molecule has 26 heavy (non-hydrogen) atoms. The Balaban J connectivity index is 1.51. The summed E-state index contributed by atoms with van der Waals surface area (Å²) in [5.74, 6) is 0.690. The maximum Gasteiger partial charge on any atom is 0.277 e. The lowest BCUT2D eigenvalue weighted by molar-refractivity contribution is -0.902. The molecule has 8 nitrogen and oxygen atoms in total. The van der Waals surface area contributed by atoms with Crippen LogP contribution in [0.5, 0.6) is 0 Å². The number of carbonyl (C=O) groups is 1. The van der Waals surface area contributed by atoms with Crippen molar-refractivity contribution in [3.63, 3.8) is 0 Å². The molecule has 10 heteroatoms. The maximum absolute atomic E-state index is 12.2. The number of nitrogens with zero attached hydrogens (tertiary/aromatic N) is 2. The normalized spacial score (nSPS) is 15.3. The third-order valence-corrected chi connectivity index (χ3v) is 5.42. The Hall–Kier alpha value is -1.91. The first-order chi connectivity index (χ1) is 12.4. The molecule has 2 aromatic rings. The third kappa shape index (κ3) is 5.55. The van der Waals surface area contributed by atoms with Crippen LogP contribution in [0.3, 0.4) is 0 Å². The summed E-state index contributed by atoms with van der Waals surface area (Å²) in [5.41, 5.74) is 0.917. The van der Waals surface area contributed by atoms with E-state index in [4.69, 9.17) is 4.42 Å². The molecule has 3 rings (SSSR count). The van der Waals surface area contributed by atoms with Gasteiger partial charge in [0.05, 0.1) is 25.1 Å². The zero-order valence-electron chi connectivity index (χ0n) is 14.4. The zero-order valence-corrected chi connectivity index (χ0v) is 16.0. The van der Waals surface area contributed by atoms with Crippen molar-refractivity contribution >= 4 is 33.3 Å². The van der Waals surface area contributed by atoms with Crippen LogP contribution in [0.15, 0.2) is 33.9 Å². The van der Waals surface area contributed by atoms with Gasteiger partial charge in [-0.1, -0.05) is 11.8 Å². The van der Waals surface area contributed by atoms with Crippen molar-refractivity contribution in [3.05, 3.63) is 35.7 Å². The summed E-state index contributed by atoms with van der Waals surface area (Å²) in [5, 5.41) is 8.41. The largest absolute Gasteiger partial charge is 0.410 e. The van der Waals surface area contributed by atoms with Gasteiger partial charge in [-0.15, -0.1) is 10.2 Å². The van der Waals surface area contributed by atoms with Crippen molar-refractivity contribution in [2.24, 2.45) is 0 Å². The quantitative estimate of drug-likeness (QED) is 0.496. The molecule has 2 heterocycles. The van der Waals surface area contributed by atoms with E-state index in [9.17, 15) is 13.2 Å². The summed E-state index contributed by atoms with van der Waals surface area (Å²) in [7, 11) is -3.33. The molecule has 0 unspecified atom stereocenters. The van der Waals surface area contributed by atoms with Gasteiger partial charge in [0.1, 0.15) is 0 Å². The van der Waals surface area contributed by atoms with Gasteiger partial charge in [0.25, 0.3) is 11.1 Å². The third-order valence-electron chi connectivity index (χ3n) is 4.00. The van der Waals surface area contributed by atoms with E-state index in [2.05, 4.69) is 14.9 Å². The van der Waals surface area contributed by atoms with Crippen LogP contribution < -0.4 is 9.62 Å². The van der Waals surface area contributed by atoms with E-state index in [1.54, 1.807) is 24.3 Å². The Morgan fingerprint density at radius 1 is 1.23 bits per heavy atom. The van der Waals surface area contributed by atoms with Gasteiger partial charge in [-0.05, 0) is 24.3 Å². The molecule has 1 fully saturated rings. The fourth-order valence-electron chi connectivity index (χ4n) is 2.78. The second kappa shape index (κ2) is 8.19. The lowest BCUT2D eigenvalue weighted by atomic mass is 10.1. The van der Waals surface area contributed by atoms with Gasteiger partial charge in [-0.2, -0.15) is 0 Å². The number of sulfonamides is 1. The maximum atomic E-state index is 12.2. The molecular formula is C16H21N4O4S2+. The van der Waals surface area contributed by atoms with E-state index < -0.39 is 10.0 Å². The van der Waals surface area contributed by atoms with E-state index in [0.29, 0.717) is 22.4 Å². The Morgan fingerprint density at radius 2 is 1.92 bits per heavy atom. The van der Waals surface area contributed by atoms with E-state index in [1.807, 2.05) is 0 Å². The molecule has 0 atom stereocenters. The van der Waals surface area contributed by atoms with Crippen molar-refractivity contribution in [2.45, 2.75) is 24.6 Å². The molecule has 0 spiro atoms. The van der Waals surface area contributed by atoms with Gasteiger partial charge < -0.3 is 9.32 Å². The fourth-order valence-corrected chi connectivity index (χ4v) is 4.02. The number of carbonyl (C=O) groups excluding carboxylic acids is 1. The Bertz CT molecular complexity index is 859. The molecule has 2 N–H and O–H groups in total. The van der Waals surface area contributed by atoms with Gasteiger partial charge in [0.2, 0.25) is 10.0 Å². The van der Waals surface area contributed by atoms with Crippen LogP contribution in [-0.2, 0) is 16.6 Å². The minimum absolute atomic E-state index is 0.0918. The van der Waals surface area contributed by atoms with Crippen molar-refractivity contribution in [1.29, 1.82) is 0 Å². The number of hydrogen-bond acceptors (Lipinski definition) is 7.